The fourth-order valence-electron chi connectivity index (χ4n) is 2.83. The highest BCUT2D eigenvalue weighted by molar-refractivity contribution is 7.11. The van der Waals surface area contributed by atoms with Gasteiger partial charge in [0.05, 0.1) is 10.7 Å². The number of nitrogens with zero attached hydrogens (tertiary/aromatic N) is 2. The lowest BCUT2D eigenvalue weighted by atomic mass is 9.97. The van der Waals surface area contributed by atoms with Gasteiger partial charge in [-0.05, 0) is 59.2 Å². The Bertz CT molecular complexity index is 396. The molecule has 1 fully saturated rings. The third-order valence-corrected chi connectivity index (χ3v) is 5.70. The molecule has 1 unspecified atom stereocenters. The molecule has 0 amide bonds. The third kappa shape index (κ3) is 3.77. The zero-order chi connectivity index (χ0) is 13.8. The topological polar surface area (TPSA) is 28.2 Å². The summed E-state index contributed by atoms with van der Waals surface area (Å²) in [7, 11) is 2.26. The van der Waals surface area contributed by atoms with Crippen molar-refractivity contribution in [3.8, 4) is 0 Å². The summed E-state index contributed by atoms with van der Waals surface area (Å²) in [6.07, 6.45) is 3.69. The summed E-state index contributed by atoms with van der Waals surface area (Å²) in [4.78, 5) is 8.62. The van der Waals surface area contributed by atoms with Gasteiger partial charge >= 0.3 is 0 Å². The Morgan fingerprint density at radius 2 is 2.11 bits per heavy atom. The number of hydrogen-bond donors (Lipinski definition) is 1. The highest BCUT2D eigenvalue weighted by Crippen LogP contribution is 2.29. The van der Waals surface area contributed by atoms with Crippen LogP contribution in [0.5, 0.6) is 0 Å². The van der Waals surface area contributed by atoms with Crippen molar-refractivity contribution in [2.45, 2.75) is 46.1 Å². The van der Waals surface area contributed by atoms with E-state index in [9.17, 15) is 0 Å². The monoisotopic (exact) mass is 281 g/mol. The van der Waals surface area contributed by atoms with E-state index in [2.05, 4.69) is 43.0 Å². The number of aryl methyl sites for hydroxylation is 2. The average Bonchev–Trinajstić information content (AvgIpc) is 2.80. The zero-order valence-corrected chi connectivity index (χ0v) is 13.5. The molecular formula is C15H27N3S. The zero-order valence-electron chi connectivity index (χ0n) is 12.7. The number of piperidine rings is 1. The lowest BCUT2D eigenvalue weighted by Gasteiger charge is -2.31. The normalized spacial score (nSPS) is 19.0. The summed E-state index contributed by atoms with van der Waals surface area (Å²) in [5, 5.41) is 4.72. The average molecular weight is 281 g/mol. The minimum Gasteiger partial charge on any atom is -0.317 e. The van der Waals surface area contributed by atoms with Crippen LogP contribution in [0.15, 0.2) is 0 Å². The van der Waals surface area contributed by atoms with Gasteiger partial charge in [0.15, 0.2) is 0 Å². The van der Waals surface area contributed by atoms with Gasteiger partial charge in [-0.1, -0.05) is 6.92 Å². The molecule has 0 aromatic carbocycles. The number of aromatic nitrogens is 1. The maximum Gasteiger partial charge on any atom is 0.0928 e. The van der Waals surface area contributed by atoms with Gasteiger partial charge in [0, 0.05) is 17.5 Å². The minimum absolute atomic E-state index is 0.493. The van der Waals surface area contributed by atoms with Crippen molar-refractivity contribution in [1.82, 2.24) is 15.2 Å². The van der Waals surface area contributed by atoms with Crippen LogP contribution >= 0.6 is 11.3 Å². The van der Waals surface area contributed by atoms with Crippen molar-refractivity contribution in [2.75, 3.05) is 26.7 Å². The van der Waals surface area contributed by atoms with Crippen molar-refractivity contribution in [3.63, 3.8) is 0 Å². The van der Waals surface area contributed by atoms with E-state index in [-0.39, 0.29) is 0 Å². The molecule has 3 nitrogen and oxygen atoms in total. The van der Waals surface area contributed by atoms with Crippen LogP contribution in [0.3, 0.4) is 0 Å². The standard InChI is InChI=1S/C15H27N3S/c1-5-14-17-11(2)15(19-14)12(3)18(4)10-13-6-8-16-9-7-13/h12-13,16H,5-10H2,1-4H3. The first-order valence-corrected chi connectivity index (χ1v) is 8.30. The first-order valence-electron chi connectivity index (χ1n) is 7.49. The Morgan fingerprint density at radius 3 is 2.68 bits per heavy atom. The fraction of sp³-hybridized carbons (Fsp3) is 0.800. The van der Waals surface area contributed by atoms with Crippen LogP contribution in [0, 0.1) is 12.8 Å². The highest BCUT2D eigenvalue weighted by atomic mass is 32.1. The molecule has 0 bridgehead atoms. The first-order chi connectivity index (χ1) is 9.11. The van der Waals surface area contributed by atoms with E-state index in [1.807, 2.05) is 11.3 Å². The van der Waals surface area contributed by atoms with Gasteiger partial charge in [-0.25, -0.2) is 4.98 Å². The predicted molar refractivity (Wildman–Crippen MR) is 82.9 cm³/mol. The number of thiazole rings is 1. The molecule has 2 rings (SSSR count). The molecule has 0 spiro atoms. The third-order valence-electron chi connectivity index (χ3n) is 4.22. The van der Waals surface area contributed by atoms with E-state index >= 15 is 0 Å². The molecule has 1 N–H and O–H groups in total. The molecule has 108 valence electrons. The maximum atomic E-state index is 4.66. The second-order valence-electron chi connectivity index (χ2n) is 5.72. The Morgan fingerprint density at radius 1 is 1.42 bits per heavy atom. The van der Waals surface area contributed by atoms with Crippen molar-refractivity contribution in [3.05, 3.63) is 15.6 Å². The van der Waals surface area contributed by atoms with Crippen molar-refractivity contribution < 1.29 is 0 Å². The van der Waals surface area contributed by atoms with Crippen molar-refractivity contribution >= 4 is 11.3 Å². The van der Waals surface area contributed by atoms with Crippen LogP contribution in [-0.2, 0) is 6.42 Å². The van der Waals surface area contributed by atoms with Crippen LogP contribution in [-0.4, -0.2) is 36.6 Å². The minimum atomic E-state index is 0.493. The molecule has 1 aromatic rings. The molecule has 0 radical (unpaired) electrons. The molecule has 1 saturated heterocycles. The largest absolute Gasteiger partial charge is 0.317 e. The molecule has 19 heavy (non-hydrogen) atoms. The lowest BCUT2D eigenvalue weighted by molar-refractivity contribution is 0.198. The van der Waals surface area contributed by atoms with Crippen LogP contribution in [0.25, 0.3) is 0 Å². The molecule has 4 heteroatoms. The van der Waals surface area contributed by atoms with Crippen molar-refractivity contribution in [1.29, 1.82) is 0 Å². The van der Waals surface area contributed by atoms with E-state index < -0.39 is 0 Å². The van der Waals surface area contributed by atoms with Crippen LogP contribution in [0.4, 0.5) is 0 Å². The van der Waals surface area contributed by atoms with Crippen LogP contribution in [0.1, 0.15) is 48.3 Å². The number of nitrogens with one attached hydrogen (secondary N) is 1. The highest BCUT2D eigenvalue weighted by Gasteiger charge is 2.21. The van der Waals surface area contributed by atoms with Gasteiger partial charge in [-0.3, -0.25) is 4.90 Å². The van der Waals surface area contributed by atoms with Crippen LogP contribution < -0.4 is 5.32 Å². The van der Waals surface area contributed by atoms with Gasteiger partial charge in [0.25, 0.3) is 0 Å². The number of hydrogen-bond acceptors (Lipinski definition) is 4. The quantitative estimate of drug-likeness (QED) is 0.899. The fourth-order valence-corrected chi connectivity index (χ4v) is 3.96. The molecule has 2 heterocycles. The maximum absolute atomic E-state index is 4.66. The molecule has 0 saturated carbocycles. The van der Waals surface area contributed by atoms with E-state index in [0.717, 1.165) is 12.3 Å². The Labute approximate surface area is 121 Å². The van der Waals surface area contributed by atoms with Crippen LogP contribution in [0.2, 0.25) is 0 Å². The van der Waals surface area contributed by atoms with Gasteiger partial charge in [-0.2, -0.15) is 0 Å². The lowest BCUT2D eigenvalue weighted by Crippen LogP contribution is -2.35. The summed E-state index contributed by atoms with van der Waals surface area (Å²) >= 11 is 1.89. The molecule has 1 aromatic heterocycles. The molecule has 1 aliphatic heterocycles. The van der Waals surface area contributed by atoms with E-state index in [4.69, 9.17) is 0 Å². The molecule has 1 aliphatic rings. The van der Waals surface area contributed by atoms with Gasteiger partial charge < -0.3 is 5.32 Å². The van der Waals surface area contributed by atoms with Gasteiger partial charge in [-0.15, -0.1) is 11.3 Å². The summed E-state index contributed by atoms with van der Waals surface area (Å²) in [6, 6.07) is 0.493. The molecule has 1 atom stereocenters. The summed E-state index contributed by atoms with van der Waals surface area (Å²) in [5.41, 5.74) is 1.23. The summed E-state index contributed by atoms with van der Waals surface area (Å²) < 4.78 is 0. The summed E-state index contributed by atoms with van der Waals surface area (Å²) in [6.45, 7) is 10.2. The second-order valence-corrected chi connectivity index (χ2v) is 6.83. The first kappa shape index (κ1) is 14.9. The van der Waals surface area contributed by atoms with E-state index in [0.29, 0.717) is 6.04 Å². The Balaban J connectivity index is 1.96. The van der Waals surface area contributed by atoms with Gasteiger partial charge in [0.2, 0.25) is 0 Å². The van der Waals surface area contributed by atoms with Crippen molar-refractivity contribution in [2.24, 2.45) is 5.92 Å². The Kier molecular flexibility index (Phi) is 5.37. The van der Waals surface area contributed by atoms with E-state index in [1.54, 1.807) is 0 Å². The van der Waals surface area contributed by atoms with E-state index in [1.165, 1.54) is 48.1 Å². The van der Waals surface area contributed by atoms with Gasteiger partial charge in [0.1, 0.15) is 0 Å². The molecule has 0 aliphatic carbocycles. The second kappa shape index (κ2) is 6.82. The molecular weight excluding hydrogens is 254 g/mol. The summed E-state index contributed by atoms with van der Waals surface area (Å²) in [5.74, 6) is 0.854. The number of rotatable bonds is 5. The Hall–Kier alpha value is -0.450. The smallest absolute Gasteiger partial charge is 0.0928 e. The SMILES string of the molecule is CCc1nc(C)c(C(C)N(C)CC2CCNCC2)s1. The predicted octanol–water partition coefficient (Wildman–Crippen LogP) is 3.01.